The fraction of sp³-hybridized carbons (Fsp3) is 0.632. The molecule has 0 spiro atoms. The van der Waals surface area contributed by atoms with Crippen molar-refractivity contribution in [3.05, 3.63) is 35.4 Å². The molecule has 1 aromatic carbocycles. The summed E-state index contributed by atoms with van der Waals surface area (Å²) in [6.07, 6.45) is 2.00. The van der Waals surface area contributed by atoms with Crippen LogP contribution in [0.1, 0.15) is 38.3 Å². The van der Waals surface area contributed by atoms with Crippen LogP contribution in [0, 0.1) is 5.41 Å². The molecule has 0 aliphatic carbocycles. The number of likely N-dealkylation sites (N-methyl/N-ethyl adjacent to an activating group) is 1. The second kappa shape index (κ2) is 8.84. The summed E-state index contributed by atoms with van der Waals surface area (Å²) in [6.45, 7) is 9.48. The van der Waals surface area contributed by atoms with E-state index in [0.717, 1.165) is 25.9 Å². The van der Waals surface area contributed by atoms with E-state index in [2.05, 4.69) is 49.9 Å². The highest BCUT2D eigenvalue weighted by molar-refractivity contribution is 5.85. The number of benzene rings is 1. The second-order valence-corrected chi connectivity index (χ2v) is 7.51. The number of nitrogens with two attached hydrogens (primary N) is 1. The first-order valence-electron chi connectivity index (χ1n) is 8.61. The molecule has 4 nitrogen and oxygen atoms in total. The third-order valence-corrected chi connectivity index (χ3v) is 5.03. The minimum Gasteiger partial charge on any atom is -0.340 e. The molecule has 1 fully saturated rings. The first-order valence-corrected chi connectivity index (χ1v) is 8.61. The van der Waals surface area contributed by atoms with Gasteiger partial charge in [-0.25, -0.2) is 0 Å². The van der Waals surface area contributed by atoms with Crippen LogP contribution in [-0.4, -0.2) is 48.4 Å². The molecule has 0 radical (unpaired) electrons. The van der Waals surface area contributed by atoms with Crippen LogP contribution in [-0.2, 0) is 17.8 Å². The van der Waals surface area contributed by atoms with E-state index in [1.54, 1.807) is 0 Å². The maximum atomic E-state index is 12.5. The number of piperidine rings is 1. The minimum atomic E-state index is 0. The van der Waals surface area contributed by atoms with E-state index >= 15 is 0 Å². The van der Waals surface area contributed by atoms with E-state index in [0.29, 0.717) is 13.1 Å². The Labute approximate surface area is 152 Å². The standard InChI is InChI=1S/C19H31N3O.ClH/c1-5-15-6-8-16(9-7-15)12-21(4)18(23)13-22-11-10-17(20)19(2,3)14-22;/h6-9,17H,5,10-14,20H2,1-4H3;1H. The lowest BCUT2D eigenvalue weighted by atomic mass is 9.80. The highest BCUT2D eigenvalue weighted by Gasteiger charge is 2.34. The van der Waals surface area contributed by atoms with Gasteiger partial charge in [0.05, 0.1) is 6.54 Å². The van der Waals surface area contributed by atoms with E-state index in [4.69, 9.17) is 5.73 Å². The van der Waals surface area contributed by atoms with E-state index in [1.165, 1.54) is 11.1 Å². The number of aryl methyl sites for hydroxylation is 1. The van der Waals surface area contributed by atoms with Crippen molar-refractivity contribution in [3.63, 3.8) is 0 Å². The monoisotopic (exact) mass is 353 g/mol. The molecule has 1 aliphatic rings. The summed E-state index contributed by atoms with van der Waals surface area (Å²) < 4.78 is 0. The van der Waals surface area contributed by atoms with Gasteiger partial charge in [-0.3, -0.25) is 9.69 Å². The van der Waals surface area contributed by atoms with Gasteiger partial charge < -0.3 is 10.6 Å². The average Bonchev–Trinajstić information content (AvgIpc) is 2.51. The Morgan fingerprint density at radius 1 is 1.29 bits per heavy atom. The third kappa shape index (κ3) is 5.47. The van der Waals surface area contributed by atoms with Crippen LogP contribution >= 0.6 is 12.4 Å². The molecule has 0 saturated carbocycles. The van der Waals surface area contributed by atoms with E-state index in [1.807, 2.05) is 11.9 Å². The average molecular weight is 354 g/mol. The predicted molar refractivity (Wildman–Crippen MR) is 102 cm³/mol. The number of rotatable bonds is 5. The van der Waals surface area contributed by atoms with Gasteiger partial charge in [0, 0.05) is 32.7 Å². The highest BCUT2D eigenvalue weighted by Crippen LogP contribution is 2.27. The summed E-state index contributed by atoms with van der Waals surface area (Å²) in [5.41, 5.74) is 8.75. The summed E-state index contributed by atoms with van der Waals surface area (Å²) in [4.78, 5) is 16.5. The first-order chi connectivity index (χ1) is 10.8. The van der Waals surface area contributed by atoms with Gasteiger partial charge in [0.2, 0.25) is 5.91 Å². The molecule has 0 aromatic heterocycles. The van der Waals surface area contributed by atoms with Crippen LogP contribution in [0.15, 0.2) is 24.3 Å². The molecule has 1 amide bonds. The molecular weight excluding hydrogens is 322 g/mol. The highest BCUT2D eigenvalue weighted by atomic mass is 35.5. The van der Waals surface area contributed by atoms with Crippen LogP contribution in [0.4, 0.5) is 0 Å². The zero-order valence-corrected chi connectivity index (χ0v) is 16.2. The molecule has 1 unspecified atom stereocenters. The lowest BCUT2D eigenvalue weighted by molar-refractivity contribution is -0.132. The van der Waals surface area contributed by atoms with E-state index < -0.39 is 0 Å². The molecule has 2 N–H and O–H groups in total. The molecule has 1 saturated heterocycles. The number of amides is 1. The summed E-state index contributed by atoms with van der Waals surface area (Å²) in [7, 11) is 1.89. The van der Waals surface area contributed by atoms with Crippen LogP contribution in [0.2, 0.25) is 0 Å². The number of hydrogen-bond donors (Lipinski definition) is 1. The maximum absolute atomic E-state index is 12.5. The summed E-state index contributed by atoms with van der Waals surface area (Å²) in [6, 6.07) is 8.74. The molecule has 2 rings (SSSR count). The molecule has 1 aliphatic heterocycles. The van der Waals surface area contributed by atoms with E-state index in [-0.39, 0.29) is 29.8 Å². The topological polar surface area (TPSA) is 49.6 Å². The molecule has 1 atom stereocenters. The van der Waals surface area contributed by atoms with Crippen molar-refractivity contribution in [1.29, 1.82) is 0 Å². The van der Waals surface area contributed by atoms with Crippen LogP contribution < -0.4 is 5.73 Å². The minimum absolute atomic E-state index is 0. The number of likely N-dealkylation sites (tertiary alicyclic amines) is 1. The first kappa shape index (κ1) is 20.9. The molecular formula is C19H32ClN3O. The zero-order valence-electron chi connectivity index (χ0n) is 15.4. The van der Waals surface area contributed by atoms with Crippen molar-refractivity contribution in [3.8, 4) is 0 Å². The second-order valence-electron chi connectivity index (χ2n) is 7.51. The van der Waals surface area contributed by atoms with Gasteiger partial charge in [0.25, 0.3) is 0 Å². The normalized spacial score (nSPS) is 20.3. The Morgan fingerprint density at radius 2 is 1.88 bits per heavy atom. The Bertz CT molecular complexity index is 530. The fourth-order valence-electron chi connectivity index (χ4n) is 3.17. The maximum Gasteiger partial charge on any atom is 0.236 e. The largest absolute Gasteiger partial charge is 0.340 e. The fourth-order valence-corrected chi connectivity index (χ4v) is 3.17. The molecule has 136 valence electrons. The summed E-state index contributed by atoms with van der Waals surface area (Å²) >= 11 is 0. The molecule has 24 heavy (non-hydrogen) atoms. The van der Waals surface area contributed by atoms with Crippen molar-refractivity contribution >= 4 is 18.3 Å². The van der Waals surface area contributed by atoms with Crippen molar-refractivity contribution in [1.82, 2.24) is 9.80 Å². The van der Waals surface area contributed by atoms with Gasteiger partial charge in [-0.2, -0.15) is 0 Å². The quantitative estimate of drug-likeness (QED) is 0.885. The van der Waals surface area contributed by atoms with E-state index in [9.17, 15) is 4.79 Å². The van der Waals surface area contributed by atoms with Gasteiger partial charge in [-0.1, -0.05) is 45.0 Å². The van der Waals surface area contributed by atoms with Crippen molar-refractivity contribution in [2.75, 3.05) is 26.7 Å². The van der Waals surface area contributed by atoms with Gasteiger partial charge in [0.1, 0.15) is 0 Å². The number of nitrogens with zero attached hydrogens (tertiary/aromatic N) is 2. The SMILES string of the molecule is CCc1ccc(CN(C)C(=O)CN2CCC(N)C(C)(C)C2)cc1.Cl. The lowest BCUT2D eigenvalue weighted by Gasteiger charge is -2.42. The zero-order chi connectivity index (χ0) is 17.0. The molecule has 5 heteroatoms. The Morgan fingerprint density at radius 3 is 2.42 bits per heavy atom. The number of hydrogen-bond acceptors (Lipinski definition) is 3. The Hall–Kier alpha value is -1.10. The number of carbonyl (C=O) groups excluding carboxylic acids is 1. The van der Waals surface area contributed by atoms with Gasteiger partial charge >= 0.3 is 0 Å². The number of halogens is 1. The third-order valence-electron chi connectivity index (χ3n) is 5.03. The van der Waals surface area contributed by atoms with Crippen LogP contribution in [0.25, 0.3) is 0 Å². The predicted octanol–water partition coefficient (Wildman–Crippen LogP) is 2.69. The number of carbonyl (C=O) groups is 1. The molecule has 0 bridgehead atoms. The van der Waals surface area contributed by atoms with Gasteiger partial charge in [0.15, 0.2) is 0 Å². The Kier molecular flexibility index (Phi) is 7.71. The summed E-state index contributed by atoms with van der Waals surface area (Å²) in [5.74, 6) is 0.177. The van der Waals surface area contributed by atoms with Crippen molar-refractivity contribution < 1.29 is 4.79 Å². The molecule has 1 aromatic rings. The van der Waals surface area contributed by atoms with Crippen LogP contribution in [0.3, 0.4) is 0 Å². The lowest BCUT2D eigenvalue weighted by Crippen LogP contribution is -2.54. The van der Waals surface area contributed by atoms with Gasteiger partial charge in [-0.05, 0) is 29.4 Å². The van der Waals surface area contributed by atoms with Crippen molar-refractivity contribution in [2.45, 2.75) is 46.2 Å². The molecule has 1 heterocycles. The van der Waals surface area contributed by atoms with Crippen LogP contribution in [0.5, 0.6) is 0 Å². The summed E-state index contributed by atoms with van der Waals surface area (Å²) in [5, 5.41) is 0. The van der Waals surface area contributed by atoms with Gasteiger partial charge in [-0.15, -0.1) is 12.4 Å². The smallest absolute Gasteiger partial charge is 0.236 e. The van der Waals surface area contributed by atoms with Crippen molar-refractivity contribution in [2.24, 2.45) is 11.1 Å². The Balaban J connectivity index is 0.00000288.